The number of nitrogens with zero attached hydrogens (tertiary/aromatic N) is 2. The summed E-state index contributed by atoms with van der Waals surface area (Å²) >= 11 is 1.92. The summed E-state index contributed by atoms with van der Waals surface area (Å²) in [5.41, 5.74) is 12.9. The molecule has 0 unspecified atom stereocenters. The summed E-state index contributed by atoms with van der Waals surface area (Å²) < 4.78 is 7.77. The Bertz CT molecular complexity index is 2870. The number of aromatic nitrogens is 2. The third-order valence-corrected chi connectivity index (χ3v) is 11.4. The molecule has 0 atom stereocenters. The first-order valence-electron chi connectivity index (χ1n) is 15.9. The van der Waals surface area contributed by atoms with Gasteiger partial charge in [0, 0.05) is 26.2 Å². The summed E-state index contributed by atoms with van der Waals surface area (Å²) in [4.78, 5) is 0. The number of benzene rings is 7. The highest BCUT2D eigenvalue weighted by molar-refractivity contribution is 7.26. The van der Waals surface area contributed by atoms with Crippen LogP contribution in [0.25, 0.3) is 75.3 Å². The van der Waals surface area contributed by atoms with Crippen LogP contribution in [0.15, 0.2) is 152 Å². The van der Waals surface area contributed by atoms with E-state index in [0.717, 1.165) is 0 Å². The molecule has 0 amide bonds. The predicted molar refractivity (Wildman–Crippen MR) is 199 cm³/mol. The summed E-state index contributed by atoms with van der Waals surface area (Å²) in [5.74, 6) is 0. The van der Waals surface area contributed by atoms with Gasteiger partial charge in [0.2, 0.25) is 6.71 Å². The van der Waals surface area contributed by atoms with E-state index in [9.17, 15) is 0 Å². The highest BCUT2D eigenvalue weighted by atomic mass is 32.1. The van der Waals surface area contributed by atoms with Crippen LogP contribution in [-0.2, 0) is 0 Å². The molecule has 1 aliphatic heterocycles. The van der Waals surface area contributed by atoms with E-state index in [-0.39, 0.29) is 6.71 Å². The van der Waals surface area contributed by atoms with Gasteiger partial charge in [-0.15, -0.1) is 11.3 Å². The van der Waals surface area contributed by atoms with Gasteiger partial charge >= 0.3 is 0 Å². The Morgan fingerprint density at radius 1 is 0.522 bits per heavy atom. The van der Waals surface area contributed by atoms with Gasteiger partial charge in [0.1, 0.15) is 5.65 Å². The third-order valence-electron chi connectivity index (χ3n) is 10.2. The zero-order valence-electron chi connectivity index (χ0n) is 24.8. The number of hydrogen-bond acceptors (Lipinski definition) is 1. The molecule has 3 aromatic heterocycles. The number of hydrogen-bond donors (Lipinski definition) is 0. The second kappa shape index (κ2) is 9.00. The zero-order valence-corrected chi connectivity index (χ0v) is 25.6. The van der Waals surface area contributed by atoms with E-state index < -0.39 is 0 Å². The Morgan fingerprint density at radius 3 is 2.24 bits per heavy atom. The summed E-state index contributed by atoms with van der Waals surface area (Å²) in [6.07, 6.45) is 0. The number of rotatable bonds is 2. The second-order valence-corrected chi connectivity index (χ2v) is 13.5. The molecule has 4 heteroatoms. The van der Waals surface area contributed by atoms with Crippen molar-refractivity contribution >= 4 is 93.0 Å². The van der Waals surface area contributed by atoms with Crippen LogP contribution < -0.4 is 16.4 Å². The van der Waals surface area contributed by atoms with E-state index in [1.165, 1.54) is 91.7 Å². The van der Waals surface area contributed by atoms with Crippen LogP contribution in [0, 0.1) is 0 Å². The van der Waals surface area contributed by atoms with Gasteiger partial charge in [-0.2, -0.15) is 0 Å². The van der Waals surface area contributed by atoms with Gasteiger partial charge in [-0.1, -0.05) is 133 Å². The van der Waals surface area contributed by atoms with E-state index in [1.54, 1.807) is 0 Å². The lowest BCUT2D eigenvalue weighted by atomic mass is 9.34. The summed E-state index contributed by atoms with van der Waals surface area (Å²) in [6, 6.07) is 56.3. The average Bonchev–Trinajstić information content (AvgIpc) is 3.70. The van der Waals surface area contributed by atoms with E-state index in [1.807, 2.05) is 11.3 Å². The summed E-state index contributed by atoms with van der Waals surface area (Å²) in [6.45, 7) is 0.0700. The minimum atomic E-state index is 0.0700. The van der Waals surface area contributed by atoms with Gasteiger partial charge in [-0.05, 0) is 51.7 Å². The molecule has 0 radical (unpaired) electrons. The fraction of sp³-hybridized carbons (Fsp3) is 0. The van der Waals surface area contributed by atoms with E-state index in [2.05, 4.69) is 161 Å². The lowest BCUT2D eigenvalue weighted by Gasteiger charge is -2.32. The molecule has 1 aliphatic rings. The van der Waals surface area contributed by atoms with Crippen molar-refractivity contribution < 1.29 is 0 Å². The van der Waals surface area contributed by atoms with Gasteiger partial charge in [0.15, 0.2) is 0 Å². The zero-order chi connectivity index (χ0) is 29.9. The van der Waals surface area contributed by atoms with Crippen molar-refractivity contribution in [3.63, 3.8) is 0 Å². The van der Waals surface area contributed by atoms with E-state index in [4.69, 9.17) is 0 Å². The van der Waals surface area contributed by atoms with Crippen LogP contribution in [-0.4, -0.2) is 15.7 Å². The Morgan fingerprint density at radius 2 is 1.28 bits per heavy atom. The molecule has 0 fully saturated rings. The van der Waals surface area contributed by atoms with Crippen LogP contribution in [0.1, 0.15) is 0 Å². The van der Waals surface area contributed by atoms with Gasteiger partial charge in [0.25, 0.3) is 0 Å². The van der Waals surface area contributed by atoms with Crippen LogP contribution in [0.2, 0.25) is 0 Å². The number of para-hydroxylation sites is 1. The second-order valence-electron chi connectivity index (χ2n) is 12.5. The molecule has 4 heterocycles. The maximum atomic E-state index is 2.61. The highest BCUT2D eigenvalue weighted by Crippen LogP contribution is 2.42. The highest BCUT2D eigenvalue weighted by Gasteiger charge is 2.36. The topological polar surface area (TPSA) is 9.34 Å². The maximum absolute atomic E-state index is 2.61. The Labute approximate surface area is 269 Å². The molecule has 2 nitrogen and oxygen atoms in total. The molecule has 0 N–H and O–H groups in total. The lowest BCUT2D eigenvalue weighted by Crippen LogP contribution is -2.56. The average molecular weight is 601 g/mol. The molecule has 11 rings (SSSR count). The van der Waals surface area contributed by atoms with Crippen LogP contribution in [0.4, 0.5) is 0 Å². The monoisotopic (exact) mass is 600 g/mol. The molecule has 0 saturated carbocycles. The van der Waals surface area contributed by atoms with E-state index >= 15 is 0 Å². The Kier molecular flexibility index (Phi) is 4.83. The first-order chi connectivity index (χ1) is 22.8. The van der Waals surface area contributed by atoms with Gasteiger partial charge in [-0.25, -0.2) is 0 Å². The molecule has 10 aromatic rings. The third kappa shape index (κ3) is 3.12. The van der Waals surface area contributed by atoms with Crippen molar-refractivity contribution in [3.8, 4) is 16.8 Å². The molecular weight excluding hydrogens is 575 g/mol. The van der Waals surface area contributed by atoms with Gasteiger partial charge in [0.05, 0.1) is 26.9 Å². The first-order valence-corrected chi connectivity index (χ1v) is 16.7. The largest absolute Gasteiger partial charge is 0.295 e. The van der Waals surface area contributed by atoms with Gasteiger partial charge in [-0.3, -0.25) is 8.97 Å². The Hall–Kier alpha value is -5.58. The predicted octanol–water partition coefficient (Wildman–Crippen LogP) is 9.05. The molecule has 7 aromatic carbocycles. The fourth-order valence-corrected chi connectivity index (χ4v) is 9.55. The Balaban J connectivity index is 1.40. The SMILES string of the molecule is c1ccc(-c2ccccc2B2c3ccc4c(sc5ccccc54)c3-n3c4c2ccc2cccc(c24)n2c4ccccc4cc32)cc1. The molecule has 0 aliphatic carbocycles. The van der Waals surface area contributed by atoms with Crippen LogP contribution >= 0.6 is 11.3 Å². The summed E-state index contributed by atoms with van der Waals surface area (Å²) in [5, 5.41) is 6.50. The minimum absolute atomic E-state index is 0.0700. The molecule has 0 spiro atoms. The van der Waals surface area contributed by atoms with Crippen LogP contribution in [0.5, 0.6) is 0 Å². The maximum Gasteiger partial charge on any atom is 0.247 e. The summed E-state index contributed by atoms with van der Waals surface area (Å²) in [7, 11) is 0. The van der Waals surface area contributed by atoms with Crippen LogP contribution in [0.3, 0.4) is 0 Å². The van der Waals surface area contributed by atoms with Crippen molar-refractivity contribution in [2.75, 3.05) is 0 Å². The lowest BCUT2D eigenvalue weighted by molar-refractivity contribution is 1.11. The normalized spacial score (nSPS) is 12.7. The molecule has 0 bridgehead atoms. The smallest absolute Gasteiger partial charge is 0.247 e. The number of fused-ring (bicyclic) bond motifs is 11. The standard InChI is InChI=1S/C42H25BN2S/c1-2-11-26(12-3-1)29-15-5-7-17-32(29)43-33-23-21-27-14-10-19-36-39(27)40(33)45(38-25-28-13-4-8-18-35(28)44(36)38)41-34(43)24-22-31-30-16-6-9-20-37(30)46-42(31)41/h1-25H. The first kappa shape index (κ1) is 24.7. The molecular formula is C42H25BN2S. The number of thiophene rings is 1. The van der Waals surface area contributed by atoms with Crippen molar-refractivity contribution in [3.05, 3.63) is 152 Å². The molecule has 212 valence electrons. The van der Waals surface area contributed by atoms with Crippen molar-refractivity contribution in [2.24, 2.45) is 0 Å². The quantitative estimate of drug-likeness (QED) is 0.175. The fourth-order valence-electron chi connectivity index (χ4n) is 8.30. The minimum Gasteiger partial charge on any atom is -0.295 e. The van der Waals surface area contributed by atoms with E-state index in [0.29, 0.717) is 0 Å². The van der Waals surface area contributed by atoms with Gasteiger partial charge < -0.3 is 0 Å². The molecule has 46 heavy (non-hydrogen) atoms. The molecule has 0 saturated heterocycles. The van der Waals surface area contributed by atoms with Crippen molar-refractivity contribution in [1.29, 1.82) is 0 Å². The van der Waals surface area contributed by atoms with Crippen molar-refractivity contribution in [1.82, 2.24) is 8.97 Å². The van der Waals surface area contributed by atoms with Crippen molar-refractivity contribution in [2.45, 2.75) is 0 Å².